The highest BCUT2D eigenvalue weighted by Gasteiger charge is 2.03. The van der Waals surface area contributed by atoms with E-state index in [1.807, 2.05) is 13.0 Å². The lowest BCUT2D eigenvalue weighted by Crippen LogP contribution is -2.35. The Hall–Kier alpha value is -1.18. The average Bonchev–Trinajstić information content (AvgIpc) is 2.51. The van der Waals surface area contributed by atoms with E-state index >= 15 is 0 Å². The van der Waals surface area contributed by atoms with E-state index in [1.165, 1.54) is 0 Å². The summed E-state index contributed by atoms with van der Waals surface area (Å²) in [6.07, 6.45) is -2.44. The predicted molar refractivity (Wildman–Crippen MR) is 67.6 cm³/mol. The molecule has 0 saturated carbocycles. The van der Waals surface area contributed by atoms with Gasteiger partial charge in [0.15, 0.2) is 5.96 Å². The molecule has 3 N–H and O–H groups in total. The summed E-state index contributed by atoms with van der Waals surface area (Å²) in [7, 11) is 1.79. The molecule has 0 aliphatic heterocycles. The number of aliphatic imine (C=N–C) groups is 1. The Kier molecular flexibility index (Phi) is 6.71. The van der Waals surface area contributed by atoms with Gasteiger partial charge in [0.05, 0.1) is 24.5 Å². The SMILES string of the molecule is Br.Cc1cc(CN=C(N)NCC(F)F)n(C)n1. The van der Waals surface area contributed by atoms with Gasteiger partial charge in [-0.15, -0.1) is 17.0 Å². The second kappa shape index (κ2) is 7.21. The zero-order valence-corrected chi connectivity index (χ0v) is 11.4. The molecule has 0 aliphatic rings. The maximum absolute atomic E-state index is 11.8. The number of nitrogens with zero attached hydrogens (tertiary/aromatic N) is 3. The summed E-state index contributed by atoms with van der Waals surface area (Å²) in [5, 5.41) is 6.46. The normalized spacial score (nSPS) is 11.5. The molecule has 1 aromatic heterocycles. The molecule has 0 radical (unpaired) electrons. The zero-order chi connectivity index (χ0) is 12.1. The Morgan fingerprint density at radius 1 is 1.65 bits per heavy atom. The molecule has 0 bridgehead atoms. The summed E-state index contributed by atoms with van der Waals surface area (Å²) in [6, 6.07) is 1.86. The predicted octanol–water partition coefficient (Wildman–Crippen LogP) is 0.976. The van der Waals surface area contributed by atoms with Crippen LogP contribution in [0.4, 0.5) is 8.78 Å². The fraction of sp³-hybridized carbons (Fsp3) is 0.556. The van der Waals surface area contributed by atoms with Crippen molar-refractivity contribution in [1.29, 1.82) is 0 Å². The van der Waals surface area contributed by atoms with Gasteiger partial charge >= 0.3 is 0 Å². The second-order valence-electron chi connectivity index (χ2n) is 3.37. The number of guanidine groups is 1. The van der Waals surface area contributed by atoms with Gasteiger partial charge in [0.2, 0.25) is 0 Å². The summed E-state index contributed by atoms with van der Waals surface area (Å²) in [5.41, 5.74) is 7.16. The first-order valence-corrected chi connectivity index (χ1v) is 4.80. The molecule has 0 amide bonds. The van der Waals surface area contributed by atoms with Gasteiger partial charge in [-0.05, 0) is 13.0 Å². The van der Waals surface area contributed by atoms with E-state index in [1.54, 1.807) is 11.7 Å². The highest BCUT2D eigenvalue weighted by Crippen LogP contribution is 2.02. The Labute approximate surface area is 109 Å². The van der Waals surface area contributed by atoms with E-state index in [9.17, 15) is 8.78 Å². The summed E-state index contributed by atoms with van der Waals surface area (Å²) in [5.74, 6) is 0.0131. The van der Waals surface area contributed by atoms with E-state index in [2.05, 4.69) is 15.4 Å². The standard InChI is InChI=1S/C9H15F2N5.BrH/c1-6-3-7(16(2)15-6)4-13-9(12)14-5-8(10)11;/h3,8H,4-5H2,1-2H3,(H3,12,13,14);1H. The minimum Gasteiger partial charge on any atom is -0.370 e. The molecule has 5 nitrogen and oxygen atoms in total. The molecule has 0 saturated heterocycles. The maximum Gasteiger partial charge on any atom is 0.255 e. The number of rotatable bonds is 4. The van der Waals surface area contributed by atoms with Gasteiger partial charge in [0.1, 0.15) is 0 Å². The third-order valence-corrected chi connectivity index (χ3v) is 1.95. The lowest BCUT2D eigenvalue weighted by Gasteiger charge is -2.04. The first-order chi connectivity index (χ1) is 7.49. The number of alkyl halides is 2. The lowest BCUT2D eigenvalue weighted by molar-refractivity contribution is 0.152. The fourth-order valence-corrected chi connectivity index (χ4v) is 1.22. The average molecular weight is 312 g/mol. The number of nitrogens with one attached hydrogen (secondary N) is 1. The van der Waals surface area contributed by atoms with Crippen LogP contribution in [0.25, 0.3) is 0 Å². The molecule has 1 heterocycles. The van der Waals surface area contributed by atoms with Crippen molar-refractivity contribution in [2.45, 2.75) is 19.9 Å². The topological polar surface area (TPSA) is 68.2 Å². The third-order valence-electron chi connectivity index (χ3n) is 1.95. The molecular formula is C9H16BrF2N5. The minimum absolute atomic E-state index is 0. The van der Waals surface area contributed by atoms with E-state index in [0.29, 0.717) is 6.54 Å². The maximum atomic E-state index is 11.8. The van der Waals surface area contributed by atoms with Crippen molar-refractivity contribution >= 4 is 22.9 Å². The Morgan fingerprint density at radius 3 is 2.76 bits per heavy atom. The largest absolute Gasteiger partial charge is 0.370 e. The first-order valence-electron chi connectivity index (χ1n) is 4.80. The van der Waals surface area contributed by atoms with Crippen molar-refractivity contribution in [2.75, 3.05) is 6.54 Å². The molecule has 0 fully saturated rings. The molecule has 0 aliphatic carbocycles. The molecule has 0 atom stereocenters. The van der Waals surface area contributed by atoms with Crippen LogP contribution >= 0.6 is 17.0 Å². The number of aryl methyl sites for hydroxylation is 2. The van der Waals surface area contributed by atoms with Crippen LogP contribution in [-0.2, 0) is 13.6 Å². The van der Waals surface area contributed by atoms with Crippen LogP contribution in [0.15, 0.2) is 11.1 Å². The van der Waals surface area contributed by atoms with Gasteiger partial charge in [-0.3, -0.25) is 4.68 Å². The molecule has 1 aromatic rings. The monoisotopic (exact) mass is 311 g/mol. The van der Waals surface area contributed by atoms with Crippen LogP contribution in [0.2, 0.25) is 0 Å². The van der Waals surface area contributed by atoms with Crippen molar-refractivity contribution in [3.63, 3.8) is 0 Å². The second-order valence-corrected chi connectivity index (χ2v) is 3.37. The number of aromatic nitrogens is 2. The Balaban J connectivity index is 0.00000256. The lowest BCUT2D eigenvalue weighted by atomic mass is 10.4. The fourth-order valence-electron chi connectivity index (χ4n) is 1.22. The van der Waals surface area contributed by atoms with Gasteiger partial charge in [0.25, 0.3) is 6.43 Å². The molecule has 0 spiro atoms. The number of hydrogen-bond acceptors (Lipinski definition) is 2. The minimum atomic E-state index is -2.44. The summed E-state index contributed by atoms with van der Waals surface area (Å²) < 4.78 is 25.4. The molecular weight excluding hydrogens is 296 g/mol. The van der Waals surface area contributed by atoms with Crippen LogP contribution in [0.5, 0.6) is 0 Å². The quantitative estimate of drug-likeness (QED) is 0.643. The van der Waals surface area contributed by atoms with Gasteiger partial charge in [-0.1, -0.05) is 0 Å². The van der Waals surface area contributed by atoms with Crippen LogP contribution in [0.1, 0.15) is 11.4 Å². The van der Waals surface area contributed by atoms with Crippen molar-refractivity contribution in [2.24, 2.45) is 17.8 Å². The highest BCUT2D eigenvalue weighted by molar-refractivity contribution is 8.93. The van der Waals surface area contributed by atoms with Crippen LogP contribution in [0.3, 0.4) is 0 Å². The summed E-state index contributed by atoms with van der Waals surface area (Å²) >= 11 is 0. The Morgan fingerprint density at radius 2 is 2.29 bits per heavy atom. The molecule has 0 unspecified atom stereocenters. The van der Waals surface area contributed by atoms with E-state index in [4.69, 9.17) is 5.73 Å². The third kappa shape index (κ3) is 5.62. The van der Waals surface area contributed by atoms with Crippen LogP contribution in [-0.4, -0.2) is 28.7 Å². The van der Waals surface area contributed by atoms with E-state index < -0.39 is 13.0 Å². The molecule has 1 rings (SSSR count). The summed E-state index contributed by atoms with van der Waals surface area (Å²) in [6.45, 7) is 1.70. The molecule has 98 valence electrons. The van der Waals surface area contributed by atoms with Gasteiger partial charge in [-0.2, -0.15) is 5.10 Å². The number of hydrogen-bond donors (Lipinski definition) is 2. The first kappa shape index (κ1) is 15.8. The zero-order valence-electron chi connectivity index (χ0n) is 9.65. The smallest absolute Gasteiger partial charge is 0.255 e. The van der Waals surface area contributed by atoms with Gasteiger partial charge < -0.3 is 11.1 Å². The molecule has 8 heteroatoms. The van der Waals surface area contributed by atoms with Crippen molar-refractivity contribution < 1.29 is 8.78 Å². The molecule has 17 heavy (non-hydrogen) atoms. The van der Waals surface area contributed by atoms with E-state index in [0.717, 1.165) is 11.4 Å². The van der Waals surface area contributed by atoms with Gasteiger partial charge in [-0.25, -0.2) is 13.8 Å². The Bertz CT molecular complexity index is 377. The van der Waals surface area contributed by atoms with Crippen molar-refractivity contribution in [1.82, 2.24) is 15.1 Å². The molecule has 0 aromatic carbocycles. The highest BCUT2D eigenvalue weighted by atomic mass is 79.9. The van der Waals surface area contributed by atoms with Crippen LogP contribution in [0, 0.1) is 6.92 Å². The summed E-state index contributed by atoms with van der Waals surface area (Å²) in [4.78, 5) is 3.93. The van der Waals surface area contributed by atoms with Crippen molar-refractivity contribution in [3.8, 4) is 0 Å². The van der Waals surface area contributed by atoms with Gasteiger partial charge in [0, 0.05) is 7.05 Å². The number of nitrogens with two attached hydrogens (primary N) is 1. The van der Waals surface area contributed by atoms with Crippen molar-refractivity contribution in [3.05, 3.63) is 17.5 Å². The number of halogens is 3. The van der Waals surface area contributed by atoms with E-state index in [-0.39, 0.29) is 22.9 Å². The van der Waals surface area contributed by atoms with Crippen LogP contribution < -0.4 is 11.1 Å².